The van der Waals surface area contributed by atoms with E-state index in [0.29, 0.717) is 0 Å². The molecule has 0 aliphatic heterocycles. The van der Waals surface area contributed by atoms with E-state index in [0.717, 1.165) is 17.3 Å². The molecule has 2 rings (SSSR count). The first-order chi connectivity index (χ1) is 5.70. The molecule has 1 unspecified atom stereocenters. The molecule has 1 aromatic rings. The quantitative estimate of drug-likeness (QED) is 0.780. The summed E-state index contributed by atoms with van der Waals surface area (Å²) in [7, 11) is 0. The van der Waals surface area contributed by atoms with Crippen molar-refractivity contribution in [3.8, 4) is 0 Å². The summed E-state index contributed by atoms with van der Waals surface area (Å²) < 4.78 is 2.29. The van der Waals surface area contributed by atoms with Crippen LogP contribution < -0.4 is 5.73 Å². The third-order valence-corrected chi connectivity index (χ3v) is 4.44. The molecule has 0 saturated carbocycles. The molecule has 12 heavy (non-hydrogen) atoms. The maximum absolute atomic E-state index is 5.93. The molecule has 2 N–H and O–H groups in total. The number of hydrogen-bond acceptors (Lipinski definition) is 1. The molecular formula is C9H9Br2N. The van der Waals surface area contributed by atoms with Crippen molar-refractivity contribution in [2.24, 2.45) is 5.73 Å². The van der Waals surface area contributed by atoms with Crippen molar-refractivity contribution in [1.29, 1.82) is 0 Å². The number of rotatable bonds is 0. The van der Waals surface area contributed by atoms with Crippen LogP contribution in [0.4, 0.5) is 0 Å². The van der Waals surface area contributed by atoms with E-state index in [4.69, 9.17) is 5.73 Å². The molecule has 0 heterocycles. The largest absolute Gasteiger partial charge is 0.324 e. The van der Waals surface area contributed by atoms with Crippen molar-refractivity contribution in [1.82, 2.24) is 0 Å². The number of fused-ring (bicyclic) bond motifs is 1. The van der Waals surface area contributed by atoms with Crippen LogP contribution in [0.5, 0.6) is 0 Å². The van der Waals surface area contributed by atoms with Crippen molar-refractivity contribution in [3.63, 3.8) is 0 Å². The van der Waals surface area contributed by atoms with E-state index in [-0.39, 0.29) is 6.04 Å². The topological polar surface area (TPSA) is 26.0 Å². The summed E-state index contributed by atoms with van der Waals surface area (Å²) in [6.07, 6.45) is 2.17. The second-order valence-corrected chi connectivity index (χ2v) is 4.72. The maximum atomic E-state index is 5.93. The Morgan fingerprint density at radius 3 is 2.83 bits per heavy atom. The van der Waals surface area contributed by atoms with Gasteiger partial charge in [-0.2, -0.15) is 0 Å². The smallest absolute Gasteiger partial charge is 0.0352 e. The minimum Gasteiger partial charge on any atom is -0.324 e. The highest BCUT2D eigenvalue weighted by Gasteiger charge is 2.21. The summed E-state index contributed by atoms with van der Waals surface area (Å²) in [4.78, 5) is 0. The van der Waals surface area contributed by atoms with Gasteiger partial charge in [0.15, 0.2) is 0 Å². The summed E-state index contributed by atoms with van der Waals surface area (Å²) in [5, 5.41) is 0. The van der Waals surface area contributed by atoms with E-state index in [1.165, 1.54) is 15.6 Å². The number of nitrogens with two attached hydrogens (primary N) is 1. The van der Waals surface area contributed by atoms with E-state index < -0.39 is 0 Å². The van der Waals surface area contributed by atoms with Crippen LogP contribution in [0.3, 0.4) is 0 Å². The zero-order chi connectivity index (χ0) is 8.72. The van der Waals surface area contributed by atoms with Crippen LogP contribution in [-0.4, -0.2) is 0 Å². The van der Waals surface area contributed by atoms with Crippen LogP contribution in [0, 0.1) is 0 Å². The van der Waals surface area contributed by atoms with Crippen LogP contribution in [0.25, 0.3) is 0 Å². The van der Waals surface area contributed by atoms with Gasteiger partial charge < -0.3 is 5.73 Å². The first-order valence-corrected chi connectivity index (χ1v) is 5.51. The predicted molar refractivity (Wildman–Crippen MR) is 57.1 cm³/mol. The summed E-state index contributed by atoms with van der Waals surface area (Å²) in [6.45, 7) is 0. The average Bonchev–Trinajstić information content (AvgIpc) is 2.41. The van der Waals surface area contributed by atoms with E-state index in [1.807, 2.05) is 6.07 Å². The minimum atomic E-state index is 0.240. The highest BCUT2D eigenvalue weighted by Crippen LogP contribution is 2.38. The highest BCUT2D eigenvalue weighted by atomic mass is 79.9. The Hall–Kier alpha value is 0.140. The average molecular weight is 291 g/mol. The van der Waals surface area contributed by atoms with Gasteiger partial charge in [0, 0.05) is 15.0 Å². The van der Waals surface area contributed by atoms with Crippen molar-refractivity contribution < 1.29 is 0 Å². The number of halogens is 2. The SMILES string of the molecule is NC1CCc2c1ccc(Br)c2Br. The van der Waals surface area contributed by atoms with E-state index in [9.17, 15) is 0 Å². The molecule has 1 atom stereocenters. The Kier molecular flexibility index (Phi) is 2.27. The van der Waals surface area contributed by atoms with Gasteiger partial charge in [-0.3, -0.25) is 0 Å². The zero-order valence-electron chi connectivity index (χ0n) is 6.48. The van der Waals surface area contributed by atoms with Gasteiger partial charge in [0.05, 0.1) is 0 Å². The Labute approximate surface area is 88.6 Å². The second kappa shape index (κ2) is 3.13. The van der Waals surface area contributed by atoms with Gasteiger partial charge in [-0.1, -0.05) is 6.07 Å². The molecule has 64 valence electrons. The van der Waals surface area contributed by atoms with Crippen LogP contribution >= 0.6 is 31.9 Å². The fourth-order valence-electron chi connectivity index (χ4n) is 1.66. The van der Waals surface area contributed by atoms with Crippen molar-refractivity contribution in [2.45, 2.75) is 18.9 Å². The number of hydrogen-bond donors (Lipinski definition) is 1. The molecule has 0 bridgehead atoms. The van der Waals surface area contributed by atoms with Gasteiger partial charge in [-0.15, -0.1) is 0 Å². The van der Waals surface area contributed by atoms with E-state index in [2.05, 4.69) is 37.9 Å². The van der Waals surface area contributed by atoms with Gasteiger partial charge in [0.25, 0.3) is 0 Å². The minimum absolute atomic E-state index is 0.240. The molecule has 0 saturated heterocycles. The van der Waals surface area contributed by atoms with Gasteiger partial charge >= 0.3 is 0 Å². The van der Waals surface area contributed by atoms with Gasteiger partial charge in [0.2, 0.25) is 0 Å². The van der Waals surface area contributed by atoms with Gasteiger partial charge in [-0.05, 0) is 61.9 Å². The van der Waals surface area contributed by atoms with Crippen LogP contribution in [0.15, 0.2) is 21.1 Å². The van der Waals surface area contributed by atoms with Crippen molar-refractivity contribution in [3.05, 3.63) is 32.2 Å². The van der Waals surface area contributed by atoms with Gasteiger partial charge in [0.1, 0.15) is 0 Å². The van der Waals surface area contributed by atoms with E-state index in [1.54, 1.807) is 0 Å². The lowest BCUT2D eigenvalue weighted by molar-refractivity contribution is 0.713. The van der Waals surface area contributed by atoms with Crippen LogP contribution in [0.2, 0.25) is 0 Å². The second-order valence-electron chi connectivity index (χ2n) is 3.07. The maximum Gasteiger partial charge on any atom is 0.0352 e. The molecule has 3 heteroatoms. The number of benzene rings is 1. The van der Waals surface area contributed by atoms with Crippen LogP contribution in [-0.2, 0) is 6.42 Å². The molecule has 1 aromatic carbocycles. The summed E-state index contributed by atoms with van der Waals surface area (Å²) >= 11 is 7.04. The normalized spacial score (nSPS) is 21.1. The van der Waals surface area contributed by atoms with Crippen molar-refractivity contribution >= 4 is 31.9 Å². The first kappa shape index (κ1) is 8.73. The molecule has 1 aliphatic rings. The Morgan fingerprint density at radius 1 is 1.33 bits per heavy atom. The van der Waals surface area contributed by atoms with E-state index >= 15 is 0 Å². The fourth-order valence-corrected chi connectivity index (χ4v) is 2.60. The summed E-state index contributed by atoms with van der Waals surface area (Å²) in [6, 6.07) is 4.40. The first-order valence-electron chi connectivity index (χ1n) is 3.92. The van der Waals surface area contributed by atoms with Gasteiger partial charge in [-0.25, -0.2) is 0 Å². The lowest BCUT2D eigenvalue weighted by Gasteiger charge is -2.06. The lowest BCUT2D eigenvalue weighted by Crippen LogP contribution is -2.04. The zero-order valence-corrected chi connectivity index (χ0v) is 9.65. The Morgan fingerprint density at radius 2 is 2.08 bits per heavy atom. The van der Waals surface area contributed by atoms with Crippen LogP contribution in [0.1, 0.15) is 23.6 Å². The highest BCUT2D eigenvalue weighted by molar-refractivity contribution is 9.13. The molecule has 0 spiro atoms. The molecule has 0 fully saturated rings. The molecule has 0 amide bonds. The lowest BCUT2D eigenvalue weighted by atomic mass is 10.1. The monoisotopic (exact) mass is 289 g/mol. The molecule has 1 aliphatic carbocycles. The molecule has 1 nitrogen and oxygen atoms in total. The standard InChI is InChI=1S/C9H9Br2N/c10-7-3-1-5-6(9(7)11)2-4-8(5)12/h1,3,8H,2,4,12H2. The Bertz CT molecular complexity index is 323. The summed E-state index contributed by atoms with van der Waals surface area (Å²) in [5.74, 6) is 0. The molecule has 0 radical (unpaired) electrons. The third kappa shape index (κ3) is 1.24. The van der Waals surface area contributed by atoms with Crippen molar-refractivity contribution in [2.75, 3.05) is 0 Å². The fraction of sp³-hybridized carbons (Fsp3) is 0.333. The predicted octanol–water partition coefficient (Wildman–Crippen LogP) is 3.16. The summed E-state index contributed by atoms with van der Waals surface area (Å²) in [5.41, 5.74) is 8.60. The third-order valence-electron chi connectivity index (χ3n) is 2.34. The molecular weight excluding hydrogens is 282 g/mol. The molecule has 0 aromatic heterocycles. The Balaban J connectivity index is 2.60.